The van der Waals surface area contributed by atoms with Crippen LogP contribution < -0.4 is 16.0 Å². The molecule has 9 nitrogen and oxygen atoms in total. The van der Waals surface area contributed by atoms with Gasteiger partial charge >= 0.3 is 0 Å². The lowest BCUT2D eigenvalue weighted by Gasteiger charge is -2.37. The van der Waals surface area contributed by atoms with Gasteiger partial charge in [-0.1, -0.05) is 31.2 Å². The fourth-order valence-corrected chi connectivity index (χ4v) is 8.40. The van der Waals surface area contributed by atoms with Crippen LogP contribution in [0.1, 0.15) is 92.8 Å². The highest BCUT2D eigenvalue weighted by atomic mass is 32.2. The lowest BCUT2D eigenvalue weighted by molar-refractivity contribution is 0.0763. The number of allylic oxidation sites excluding steroid dienone is 1. The molecule has 0 saturated carbocycles. The zero-order valence-corrected chi connectivity index (χ0v) is 26.4. The quantitative estimate of drug-likeness (QED) is 0.424. The van der Waals surface area contributed by atoms with Gasteiger partial charge in [-0.25, -0.2) is 4.99 Å². The first-order chi connectivity index (χ1) is 20.4. The second-order valence-electron chi connectivity index (χ2n) is 12.3. The molecule has 5 heterocycles. The van der Waals surface area contributed by atoms with Crippen LogP contribution in [0.2, 0.25) is 0 Å². The third-order valence-electron chi connectivity index (χ3n) is 9.44. The van der Waals surface area contributed by atoms with Gasteiger partial charge in [0.1, 0.15) is 6.17 Å². The van der Waals surface area contributed by atoms with Gasteiger partial charge in [0.2, 0.25) is 0 Å². The number of ether oxygens (including phenoxy) is 1. The van der Waals surface area contributed by atoms with Crippen molar-refractivity contribution < 1.29 is 8.95 Å². The molecule has 3 N–H and O–H groups in total. The van der Waals surface area contributed by atoms with Crippen molar-refractivity contribution in [2.24, 2.45) is 12.0 Å². The Kier molecular flexibility index (Phi) is 9.14. The summed E-state index contributed by atoms with van der Waals surface area (Å²) in [7, 11) is 1.03. The van der Waals surface area contributed by atoms with Crippen LogP contribution in [0.25, 0.3) is 0 Å². The molecule has 4 aliphatic rings. The van der Waals surface area contributed by atoms with Gasteiger partial charge in [-0.2, -0.15) is 5.10 Å². The first-order valence-electron chi connectivity index (χ1n) is 15.8. The molecular weight excluding hydrogens is 546 g/mol. The van der Waals surface area contributed by atoms with Crippen molar-refractivity contribution in [3.63, 3.8) is 0 Å². The topological polar surface area (TPSA) is 95.8 Å². The molecule has 1 aromatic heterocycles. The number of hydrogen-bond acceptors (Lipinski definition) is 8. The zero-order valence-electron chi connectivity index (χ0n) is 25.6. The van der Waals surface area contributed by atoms with Crippen LogP contribution in [0.15, 0.2) is 46.1 Å². The van der Waals surface area contributed by atoms with Crippen molar-refractivity contribution in [2.45, 2.75) is 89.5 Å². The molecule has 228 valence electrons. The van der Waals surface area contributed by atoms with Gasteiger partial charge in [0.05, 0.1) is 21.4 Å². The summed E-state index contributed by atoms with van der Waals surface area (Å²) < 4.78 is 20.3. The molecule has 0 spiro atoms. The smallest absolute Gasteiger partial charge is 0.200 e. The highest BCUT2D eigenvalue weighted by molar-refractivity contribution is 7.89. The van der Waals surface area contributed by atoms with E-state index >= 15 is 0 Å². The maximum absolute atomic E-state index is 12.8. The Labute approximate surface area is 253 Å². The average Bonchev–Trinajstić information content (AvgIpc) is 3.57. The first-order valence-corrected chi connectivity index (χ1v) is 17.1. The number of nitrogens with one attached hydrogen (secondary N) is 3. The van der Waals surface area contributed by atoms with Crippen LogP contribution in [-0.2, 0) is 22.6 Å². The molecule has 0 bridgehead atoms. The number of guanidine groups is 1. The summed E-state index contributed by atoms with van der Waals surface area (Å²) in [5.74, 6) is 2.19. The van der Waals surface area contributed by atoms with E-state index in [1.54, 1.807) is 0 Å². The predicted octanol–water partition coefficient (Wildman–Crippen LogP) is 4.13. The molecule has 0 aliphatic carbocycles. The fourth-order valence-electron chi connectivity index (χ4n) is 7.00. The summed E-state index contributed by atoms with van der Waals surface area (Å²) in [6.45, 7) is 10.1. The molecular formula is C32H47N7O2S. The van der Waals surface area contributed by atoms with Crippen LogP contribution in [0, 0.1) is 6.92 Å². The highest BCUT2D eigenvalue weighted by Gasteiger charge is 2.36. The summed E-state index contributed by atoms with van der Waals surface area (Å²) in [6, 6.07) is 10.2. The molecule has 0 amide bonds. The lowest BCUT2D eigenvalue weighted by atomic mass is 9.88. The number of benzene rings is 1. The molecule has 4 aliphatic heterocycles. The van der Waals surface area contributed by atoms with Crippen molar-refractivity contribution in [1.29, 1.82) is 0 Å². The van der Waals surface area contributed by atoms with Gasteiger partial charge < -0.3 is 20.3 Å². The van der Waals surface area contributed by atoms with Gasteiger partial charge in [0, 0.05) is 81.1 Å². The third kappa shape index (κ3) is 6.37. The van der Waals surface area contributed by atoms with Crippen LogP contribution in [0.5, 0.6) is 0 Å². The van der Waals surface area contributed by atoms with E-state index in [1.807, 2.05) is 11.7 Å². The van der Waals surface area contributed by atoms with Crippen molar-refractivity contribution in [2.75, 3.05) is 32.1 Å². The lowest BCUT2D eigenvalue weighted by Crippen LogP contribution is -2.51. The van der Waals surface area contributed by atoms with E-state index in [-0.39, 0.29) is 12.2 Å². The number of aryl methyl sites for hydroxylation is 2. The van der Waals surface area contributed by atoms with Gasteiger partial charge in [-0.05, 0) is 63.0 Å². The number of piperidine rings is 1. The Balaban J connectivity index is 1.07. The molecule has 42 heavy (non-hydrogen) atoms. The predicted molar refractivity (Wildman–Crippen MR) is 169 cm³/mol. The standard InChI is InChI=1S/C32H47N7O2S/c1-5-28(33-21(2)27-20-38(4)37-22(27)3)25-8-6-23(7-9-25)24-10-15-39(16-11-24)32-35-29-14-19-42(40)30(29)31(36-32)34-26-12-17-41-18-13-26/h6-9,20-21,24,26,28,31,33-34H,5,10-19H2,1-4H3,(H,35,36). The van der Waals surface area contributed by atoms with Crippen molar-refractivity contribution in [3.05, 3.63) is 63.4 Å². The number of rotatable bonds is 8. The molecule has 6 rings (SSSR count). The fraction of sp³-hybridized carbons (Fsp3) is 0.625. The molecule has 0 radical (unpaired) electrons. The zero-order chi connectivity index (χ0) is 29.2. The van der Waals surface area contributed by atoms with Crippen LogP contribution >= 0.6 is 0 Å². The van der Waals surface area contributed by atoms with Gasteiger partial charge in [-0.3, -0.25) is 14.2 Å². The summed E-state index contributed by atoms with van der Waals surface area (Å²) in [5.41, 5.74) is 6.24. The molecule has 4 unspecified atom stereocenters. The minimum atomic E-state index is -0.955. The molecule has 2 fully saturated rings. The summed E-state index contributed by atoms with van der Waals surface area (Å²) in [6.07, 6.45) is 7.95. The number of aromatic nitrogens is 2. The molecule has 2 aromatic rings. The van der Waals surface area contributed by atoms with Crippen molar-refractivity contribution in [3.8, 4) is 0 Å². The Morgan fingerprint density at radius 1 is 1.14 bits per heavy atom. The van der Waals surface area contributed by atoms with E-state index in [0.717, 1.165) is 87.1 Å². The van der Waals surface area contributed by atoms with E-state index in [4.69, 9.17) is 9.73 Å². The molecule has 2 saturated heterocycles. The first kappa shape index (κ1) is 29.5. The third-order valence-corrected chi connectivity index (χ3v) is 11.0. The highest BCUT2D eigenvalue weighted by Crippen LogP contribution is 2.33. The molecule has 1 aromatic carbocycles. The van der Waals surface area contributed by atoms with E-state index in [1.165, 1.54) is 16.7 Å². The van der Waals surface area contributed by atoms with E-state index in [0.29, 0.717) is 23.8 Å². The Bertz CT molecular complexity index is 1320. The Morgan fingerprint density at radius 3 is 2.55 bits per heavy atom. The summed E-state index contributed by atoms with van der Waals surface area (Å²) in [5, 5.41) is 15.6. The van der Waals surface area contributed by atoms with Crippen LogP contribution in [-0.4, -0.2) is 69.1 Å². The monoisotopic (exact) mass is 593 g/mol. The largest absolute Gasteiger partial charge is 0.381 e. The van der Waals surface area contributed by atoms with E-state index in [2.05, 4.69) is 77.2 Å². The second kappa shape index (κ2) is 13.0. The Morgan fingerprint density at radius 2 is 1.88 bits per heavy atom. The maximum Gasteiger partial charge on any atom is 0.200 e. The van der Waals surface area contributed by atoms with Gasteiger partial charge in [0.25, 0.3) is 0 Å². The maximum atomic E-state index is 12.8. The average molecular weight is 594 g/mol. The summed E-state index contributed by atoms with van der Waals surface area (Å²) >= 11 is 0. The van der Waals surface area contributed by atoms with Gasteiger partial charge in [0.15, 0.2) is 5.96 Å². The normalized spacial score (nSPS) is 25.2. The van der Waals surface area contributed by atoms with E-state index < -0.39 is 10.8 Å². The van der Waals surface area contributed by atoms with Crippen LogP contribution in [0.3, 0.4) is 0 Å². The molecule has 4 atom stereocenters. The van der Waals surface area contributed by atoms with Crippen molar-refractivity contribution in [1.82, 2.24) is 30.6 Å². The number of aliphatic imine (C=N–C) groups is 1. The second-order valence-corrected chi connectivity index (χ2v) is 13.8. The van der Waals surface area contributed by atoms with E-state index in [9.17, 15) is 4.21 Å². The SMILES string of the molecule is CCC(NC(C)c1cn(C)nc1C)c1ccc(C2CCN(C3=NC(NC4CCOCC4)C4=C(CCS4=O)N3)CC2)cc1. The van der Waals surface area contributed by atoms with Crippen molar-refractivity contribution >= 4 is 16.8 Å². The minimum Gasteiger partial charge on any atom is -0.381 e. The van der Waals surface area contributed by atoms with Gasteiger partial charge in [-0.15, -0.1) is 0 Å². The molecule has 10 heteroatoms. The van der Waals surface area contributed by atoms with Crippen LogP contribution in [0.4, 0.5) is 0 Å². The number of nitrogens with zero attached hydrogens (tertiary/aromatic N) is 4. The minimum absolute atomic E-state index is 0.196. The number of hydrogen-bond donors (Lipinski definition) is 3. The Hall–Kier alpha value is -2.53. The number of likely N-dealkylation sites (tertiary alicyclic amines) is 1. The summed E-state index contributed by atoms with van der Waals surface area (Å²) in [4.78, 5) is 8.46.